The molecule has 1 aromatic rings. The van der Waals surface area contributed by atoms with Gasteiger partial charge in [0.15, 0.2) is 0 Å². The van der Waals surface area contributed by atoms with Crippen LogP contribution >= 0.6 is 0 Å². The van der Waals surface area contributed by atoms with Gasteiger partial charge in [-0.15, -0.1) is 0 Å². The Hall–Kier alpha value is -2.30. The first-order valence-electron chi connectivity index (χ1n) is 5.67. The van der Waals surface area contributed by atoms with Crippen LogP contribution in [0.2, 0.25) is 0 Å². The Labute approximate surface area is 110 Å². The van der Waals surface area contributed by atoms with Crippen LogP contribution in [0.15, 0.2) is 66.3 Å². The van der Waals surface area contributed by atoms with Crippen LogP contribution in [0, 0.1) is 0 Å². The maximum absolute atomic E-state index is 12.2. The van der Waals surface area contributed by atoms with Gasteiger partial charge in [0.05, 0.1) is 5.56 Å². The molecule has 0 unspecified atom stereocenters. The van der Waals surface area contributed by atoms with Gasteiger partial charge in [-0.1, -0.05) is 42.5 Å². The Morgan fingerprint density at radius 1 is 1.16 bits per heavy atom. The minimum absolute atomic E-state index is 0.0536. The van der Waals surface area contributed by atoms with Crippen LogP contribution in [0.1, 0.15) is 5.56 Å². The van der Waals surface area contributed by atoms with Crippen molar-refractivity contribution >= 4 is 13.2 Å². The Kier molecular flexibility index (Phi) is 4.18. The van der Waals surface area contributed by atoms with Crippen molar-refractivity contribution in [3.05, 3.63) is 71.9 Å². The minimum Gasteiger partial charge on any atom is -0.507 e. The first kappa shape index (κ1) is 13.1. The molecule has 1 aliphatic rings. The summed E-state index contributed by atoms with van der Waals surface area (Å²) in [4.78, 5) is 0. The summed E-state index contributed by atoms with van der Waals surface area (Å²) >= 11 is 0. The van der Waals surface area contributed by atoms with Gasteiger partial charge in [-0.3, -0.25) is 0 Å². The molecule has 2 rings (SSSR count). The summed E-state index contributed by atoms with van der Waals surface area (Å²) in [6, 6.07) is 6.10. The highest BCUT2D eigenvalue weighted by atomic mass is 19.2. The molecule has 0 amide bonds. The summed E-state index contributed by atoms with van der Waals surface area (Å²) in [5.74, 6) is -0.181. The Bertz CT molecular complexity index is 561. The van der Waals surface area contributed by atoms with Gasteiger partial charge in [0, 0.05) is 0 Å². The van der Waals surface area contributed by atoms with Crippen molar-refractivity contribution < 1.29 is 18.4 Å². The van der Waals surface area contributed by atoms with Crippen LogP contribution in [-0.2, 0) is 0 Å². The molecule has 0 fully saturated rings. The highest BCUT2D eigenvalue weighted by Crippen LogP contribution is 2.25. The first-order valence-corrected chi connectivity index (χ1v) is 5.67. The first-order chi connectivity index (χ1) is 9.16. The molecule has 0 heterocycles. The van der Waals surface area contributed by atoms with Crippen LogP contribution < -0.4 is 4.65 Å². The van der Waals surface area contributed by atoms with Crippen molar-refractivity contribution in [1.82, 2.24) is 0 Å². The van der Waals surface area contributed by atoms with E-state index >= 15 is 0 Å². The van der Waals surface area contributed by atoms with E-state index in [9.17, 15) is 13.7 Å². The summed E-state index contributed by atoms with van der Waals surface area (Å²) < 4.78 is 28.8. The molecule has 96 valence electrons. The van der Waals surface area contributed by atoms with Gasteiger partial charge >= 0.3 is 7.47 Å². The van der Waals surface area contributed by atoms with Gasteiger partial charge in [-0.25, -0.2) is 8.63 Å². The van der Waals surface area contributed by atoms with Crippen molar-refractivity contribution in [3.63, 3.8) is 0 Å². The van der Waals surface area contributed by atoms with Gasteiger partial charge in [0.25, 0.3) is 0 Å². The summed E-state index contributed by atoms with van der Waals surface area (Å²) in [6.07, 6.45) is 10.6. The number of halogens is 2. The SMILES string of the molecule is OC(=CC=C1C=CC=C1)c1ccccc1OB(F)F. The smallest absolute Gasteiger partial charge is 0.507 e. The normalized spacial score (nSPS) is 13.8. The lowest BCUT2D eigenvalue weighted by atomic mass is 10.1. The van der Waals surface area contributed by atoms with E-state index in [0.29, 0.717) is 0 Å². The number of aliphatic hydroxyl groups is 1. The second-order valence-electron chi connectivity index (χ2n) is 3.81. The Morgan fingerprint density at radius 2 is 1.84 bits per heavy atom. The van der Waals surface area contributed by atoms with Crippen molar-refractivity contribution in [3.8, 4) is 5.75 Å². The molecule has 0 atom stereocenters. The second kappa shape index (κ2) is 6.04. The van der Waals surface area contributed by atoms with Gasteiger partial charge in [0.2, 0.25) is 0 Å². The van der Waals surface area contributed by atoms with Crippen LogP contribution in [0.5, 0.6) is 5.75 Å². The number of hydrogen-bond donors (Lipinski definition) is 1. The lowest BCUT2D eigenvalue weighted by Gasteiger charge is -2.08. The molecule has 5 heteroatoms. The number of allylic oxidation sites excluding steroid dienone is 7. The topological polar surface area (TPSA) is 29.5 Å². The van der Waals surface area contributed by atoms with Crippen LogP contribution in [0.4, 0.5) is 8.63 Å². The average molecular weight is 260 g/mol. The molecule has 0 saturated heterocycles. The molecule has 0 saturated carbocycles. The number of rotatable bonds is 4. The van der Waals surface area contributed by atoms with Crippen LogP contribution in [0.3, 0.4) is 0 Å². The fourth-order valence-electron chi connectivity index (χ4n) is 1.64. The number of aliphatic hydroxyl groups excluding tert-OH is 1. The lowest BCUT2D eigenvalue weighted by Crippen LogP contribution is -2.09. The number of benzene rings is 1. The Morgan fingerprint density at radius 3 is 2.53 bits per heavy atom. The maximum atomic E-state index is 12.2. The third-order valence-electron chi connectivity index (χ3n) is 2.50. The van der Waals surface area contributed by atoms with E-state index in [0.717, 1.165) is 5.57 Å². The van der Waals surface area contributed by atoms with Crippen molar-refractivity contribution in [2.45, 2.75) is 0 Å². The predicted octanol–water partition coefficient (Wildman–Crippen LogP) is 3.94. The highest BCUT2D eigenvalue weighted by molar-refractivity contribution is 6.35. The number of hydrogen-bond acceptors (Lipinski definition) is 2. The zero-order valence-corrected chi connectivity index (χ0v) is 9.96. The molecule has 0 spiro atoms. The largest absolute Gasteiger partial charge is 0.796 e. The molecule has 1 aromatic carbocycles. The Balaban J connectivity index is 2.25. The van der Waals surface area contributed by atoms with E-state index in [1.807, 2.05) is 24.3 Å². The highest BCUT2D eigenvalue weighted by Gasteiger charge is 2.20. The van der Waals surface area contributed by atoms with Crippen molar-refractivity contribution in [1.29, 1.82) is 0 Å². The second-order valence-corrected chi connectivity index (χ2v) is 3.81. The van der Waals surface area contributed by atoms with E-state index < -0.39 is 7.47 Å². The van der Waals surface area contributed by atoms with E-state index in [4.69, 9.17) is 0 Å². The quantitative estimate of drug-likeness (QED) is 0.656. The van der Waals surface area contributed by atoms with E-state index in [2.05, 4.69) is 4.65 Å². The minimum atomic E-state index is -2.92. The summed E-state index contributed by atoms with van der Waals surface area (Å²) in [5.41, 5.74) is 1.14. The van der Waals surface area contributed by atoms with Gasteiger partial charge < -0.3 is 9.76 Å². The molecule has 0 aliphatic heterocycles. The molecule has 1 N–H and O–H groups in total. The van der Waals surface area contributed by atoms with Gasteiger partial charge in [0.1, 0.15) is 11.5 Å². The molecular formula is C14H11BF2O2. The fraction of sp³-hybridized carbons (Fsp3) is 0. The molecule has 19 heavy (non-hydrogen) atoms. The molecule has 2 nitrogen and oxygen atoms in total. The zero-order valence-electron chi connectivity index (χ0n) is 9.96. The summed E-state index contributed by atoms with van der Waals surface area (Å²) in [6.45, 7) is 0. The van der Waals surface area contributed by atoms with Gasteiger partial charge in [-0.2, -0.15) is 0 Å². The van der Waals surface area contributed by atoms with Crippen LogP contribution in [-0.4, -0.2) is 12.6 Å². The van der Waals surface area contributed by atoms with Gasteiger partial charge in [-0.05, 0) is 23.8 Å². The average Bonchev–Trinajstić information content (AvgIpc) is 2.89. The maximum Gasteiger partial charge on any atom is 0.796 e. The van der Waals surface area contributed by atoms with E-state index in [1.54, 1.807) is 18.2 Å². The fourth-order valence-corrected chi connectivity index (χ4v) is 1.64. The molecule has 0 aromatic heterocycles. The van der Waals surface area contributed by atoms with Crippen LogP contribution in [0.25, 0.3) is 5.76 Å². The summed E-state index contributed by atoms with van der Waals surface area (Å²) in [5, 5.41) is 9.92. The third kappa shape index (κ3) is 3.58. The summed E-state index contributed by atoms with van der Waals surface area (Å²) in [7, 11) is -2.92. The molecule has 0 radical (unpaired) electrons. The standard InChI is InChI=1S/C14H11BF2O2/c16-15(17)19-14-8-4-3-7-12(14)13(18)10-9-11-5-1-2-6-11/h1-10,18H. The lowest BCUT2D eigenvalue weighted by molar-refractivity contribution is 0.421. The predicted molar refractivity (Wildman–Crippen MR) is 72.0 cm³/mol. The third-order valence-corrected chi connectivity index (χ3v) is 2.50. The van der Waals surface area contributed by atoms with Crippen molar-refractivity contribution in [2.75, 3.05) is 0 Å². The molecule has 1 aliphatic carbocycles. The van der Waals surface area contributed by atoms with E-state index in [-0.39, 0.29) is 17.1 Å². The van der Waals surface area contributed by atoms with E-state index in [1.165, 1.54) is 18.2 Å². The number of para-hydroxylation sites is 1. The molecular weight excluding hydrogens is 249 g/mol. The molecule has 0 bridgehead atoms. The monoisotopic (exact) mass is 260 g/mol. The zero-order chi connectivity index (χ0) is 13.7. The van der Waals surface area contributed by atoms with Crippen molar-refractivity contribution in [2.24, 2.45) is 0 Å².